The monoisotopic (exact) mass is 305 g/mol. The molecular weight excluding hydrogens is 278 g/mol. The zero-order valence-electron chi connectivity index (χ0n) is 12.1. The van der Waals surface area contributed by atoms with Gasteiger partial charge in [-0.25, -0.2) is 4.72 Å². The van der Waals surface area contributed by atoms with Crippen LogP contribution in [0, 0.1) is 0 Å². The SMILES string of the molecule is O=S(=O)(NCCCN1CCCCC1CO)N1CCCC1. The Balaban J connectivity index is 1.67. The predicted molar refractivity (Wildman–Crippen MR) is 78.6 cm³/mol. The molecule has 0 bridgehead atoms. The fourth-order valence-electron chi connectivity index (χ4n) is 3.06. The molecular formula is C13H27N3O3S. The summed E-state index contributed by atoms with van der Waals surface area (Å²) in [5.41, 5.74) is 0. The fraction of sp³-hybridized carbons (Fsp3) is 1.00. The number of hydrogen-bond donors (Lipinski definition) is 2. The summed E-state index contributed by atoms with van der Waals surface area (Å²) in [5, 5.41) is 9.33. The maximum Gasteiger partial charge on any atom is 0.279 e. The van der Waals surface area contributed by atoms with Crippen LogP contribution in [0.4, 0.5) is 0 Å². The summed E-state index contributed by atoms with van der Waals surface area (Å²) in [6.45, 7) is 3.85. The second kappa shape index (κ2) is 7.70. The lowest BCUT2D eigenvalue weighted by Gasteiger charge is -2.34. The van der Waals surface area contributed by atoms with Gasteiger partial charge in [-0.2, -0.15) is 12.7 Å². The van der Waals surface area contributed by atoms with E-state index < -0.39 is 10.2 Å². The summed E-state index contributed by atoms with van der Waals surface area (Å²) in [6.07, 6.45) is 6.14. The van der Waals surface area contributed by atoms with Gasteiger partial charge in [0, 0.05) is 25.7 Å². The van der Waals surface area contributed by atoms with Crippen LogP contribution in [-0.4, -0.2) is 68.1 Å². The lowest BCUT2D eigenvalue weighted by molar-refractivity contribution is 0.0896. The van der Waals surface area contributed by atoms with Gasteiger partial charge in [-0.05, 0) is 45.2 Å². The minimum absolute atomic E-state index is 0.208. The molecule has 0 aromatic heterocycles. The van der Waals surface area contributed by atoms with Crippen LogP contribution in [0.2, 0.25) is 0 Å². The lowest BCUT2D eigenvalue weighted by Crippen LogP contribution is -2.44. The highest BCUT2D eigenvalue weighted by Crippen LogP contribution is 2.16. The van der Waals surface area contributed by atoms with Gasteiger partial charge in [0.2, 0.25) is 0 Å². The first-order chi connectivity index (χ1) is 9.63. The summed E-state index contributed by atoms with van der Waals surface area (Å²) in [7, 11) is -3.27. The quantitative estimate of drug-likeness (QED) is 0.657. The molecule has 1 unspecified atom stereocenters. The van der Waals surface area contributed by atoms with Crippen LogP contribution >= 0.6 is 0 Å². The van der Waals surface area contributed by atoms with E-state index in [0.29, 0.717) is 19.6 Å². The lowest BCUT2D eigenvalue weighted by atomic mass is 10.0. The smallest absolute Gasteiger partial charge is 0.279 e. The minimum Gasteiger partial charge on any atom is -0.395 e. The summed E-state index contributed by atoms with van der Waals surface area (Å²) >= 11 is 0. The van der Waals surface area contributed by atoms with Crippen LogP contribution in [0.3, 0.4) is 0 Å². The first kappa shape index (κ1) is 16.2. The molecule has 2 heterocycles. The Bertz CT molecular complexity index is 382. The minimum atomic E-state index is -3.27. The van der Waals surface area contributed by atoms with Crippen molar-refractivity contribution in [3.8, 4) is 0 Å². The summed E-state index contributed by atoms with van der Waals surface area (Å²) in [4.78, 5) is 2.29. The maximum atomic E-state index is 12.0. The van der Waals surface area contributed by atoms with Crippen molar-refractivity contribution in [3.63, 3.8) is 0 Å². The first-order valence-electron chi connectivity index (χ1n) is 7.73. The molecule has 7 heteroatoms. The van der Waals surface area contributed by atoms with Crippen molar-refractivity contribution in [1.82, 2.24) is 13.9 Å². The Morgan fingerprint density at radius 3 is 2.50 bits per heavy atom. The zero-order valence-corrected chi connectivity index (χ0v) is 12.9. The maximum absolute atomic E-state index is 12.0. The Morgan fingerprint density at radius 1 is 1.10 bits per heavy atom. The Labute approximate surface area is 122 Å². The van der Waals surface area contributed by atoms with Crippen molar-refractivity contribution < 1.29 is 13.5 Å². The molecule has 2 aliphatic heterocycles. The number of nitrogens with one attached hydrogen (secondary N) is 1. The molecule has 0 radical (unpaired) electrons. The van der Waals surface area contributed by atoms with Crippen molar-refractivity contribution in [2.45, 2.75) is 44.6 Å². The van der Waals surface area contributed by atoms with Gasteiger partial charge in [-0.15, -0.1) is 0 Å². The molecule has 0 saturated carbocycles. The summed E-state index contributed by atoms with van der Waals surface area (Å²) < 4.78 is 28.1. The molecule has 0 aliphatic carbocycles. The van der Waals surface area contributed by atoms with E-state index in [4.69, 9.17) is 0 Å². The number of aliphatic hydroxyl groups is 1. The van der Waals surface area contributed by atoms with Gasteiger partial charge in [0.1, 0.15) is 0 Å². The third kappa shape index (κ3) is 4.39. The number of likely N-dealkylation sites (tertiary alicyclic amines) is 1. The Kier molecular flexibility index (Phi) is 6.22. The Hall–Kier alpha value is -0.210. The van der Waals surface area contributed by atoms with Gasteiger partial charge in [-0.1, -0.05) is 6.42 Å². The topological polar surface area (TPSA) is 72.9 Å². The van der Waals surface area contributed by atoms with E-state index >= 15 is 0 Å². The van der Waals surface area contributed by atoms with Gasteiger partial charge < -0.3 is 5.11 Å². The molecule has 2 N–H and O–H groups in total. The van der Waals surface area contributed by atoms with E-state index in [9.17, 15) is 13.5 Å². The average Bonchev–Trinajstić information content (AvgIpc) is 2.99. The van der Waals surface area contributed by atoms with Crippen molar-refractivity contribution in [2.24, 2.45) is 0 Å². The van der Waals surface area contributed by atoms with E-state index in [1.54, 1.807) is 0 Å². The standard InChI is InChI=1S/C13H27N3O3S/c17-12-13-6-1-2-8-15(13)9-5-7-14-20(18,19)16-10-3-4-11-16/h13-14,17H,1-12H2. The Morgan fingerprint density at radius 2 is 1.80 bits per heavy atom. The molecule has 2 aliphatic rings. The molecule has 0 amide bonds. The molecule has 0 aromatic carbocycles. The molecule has 1 atom stereocenters. The van der Waals surface area contributed by atoms with Crippen LogP contribution in [0.25, 0.3) is 0 Å². The molecule has 0 spiro atoms. The second-order valence-electron chi connectivity index (χ2n) is 5.73. The third-order valence-electron chi connectivity index (χ3n) is 4.27. The second-order valence-corrected chi connectivity index (χ2v) is 7.48. The van der Waals surface area contributed by atoms with Crippen molar-refractivity contribution in [1.29, 1.82) is 0 Å². The van der Waals surface area contributed by atoms with Crippen LogP contribution in [0.1, 0.15) is 38.5 Å². The first-order valence-corrected chi connectivity index (χ1v) is 9.17. The molecule has 2 rings (SSSR count). The number of hydrogen-bond acceptors (Lipinski definition) is 4. The largest absolute Gasteiger partial charge is 0.395 e. The van der Waals surface area contributed by atoms with Crippen LogP contribution in [0.5, 0.6) is 0 Å². The third-order valence-corrected chi connectivity index (χ3v) is 5.89. The fourth-order valence-corrected chi connectivity index (χ4v) is 4.39. The number of aliphatic hydroxyl groups excluding tert-OH is 1. The highest BCUT2D eigenvalue weighted by atomic mass is 32.2. The van der Waals surface area contributed by atoms with E-state index in [2.05, 4.69) is 9.62 Å². The zero-order chi connectivity index (χ0) is 14.4. The van der Waals surface area contributed by atoms with Crippen LogP contribution in [-0.2, 0) is 10.2 Å². The highest BCUT2D eigenvalue weighted by Gasteiger charge is 2.25. The van der Waals surface area contributed by atoms with Gasteiger partial charge in [0.25, 0.3) is 10.2 Å². The van der Waals surface area contributed by atoms with E-state index in [1.165, 1.54) is 17.1 Å². The van der Waals surface area contributed by atoms with Crippen molar-refractivity contribution in [2.75, 3.05) is 39.3 Å². The number of nitrogens with zero attached hydrogens (tertiary/aromatic N) is 2. The molecule has 2 saturated heterocycles. The van der Waals surface area contributed by atoms with Gasteiger partial charge in [0.05, 0.1) is 6.61 Å². The molecule has 118 valence electrons. The van der Waals surface area contributed by atoms with Crippen LogP contribution < -0.4 is 4.72 Å². The highest BCUT2D eigenvalue weighted by molar-refractivity contribution is 7.87. The van der Waals surface area contributed by atoms with Crippen LogP contribution in [0.15, 0.2) is 0 Å². The average molecular weight is 305 g/mol. The number of piperidine rings is 1. The van der Waals surface area contributed by atoms with Gasteiger partial charge >= 0.3 is 0 Å². The summed E-state index contributed by atoms with van der Waals surface area (Å²) in [6, 6.07) is 0.263. The van der Waals surface area contributed by atoms with E-state index in [-0.39, 0.29) is 12.6 Å². The van der Waals surface area contributed by atoms with E-state index in [1.807, 2.05) is 0 Å². The molecule has 0 aromatic rings. The van der Waals surface area contributed by atoms with Gasteiger partial charge in [-0.3, -0.25) is 4.90 Å². The van der Waals surface area contributed by atoms with Gasteiger partial charge in [0.15, 0.2) is 0 Å². The molecule has 20 heavy (non-hydrogen) atoms. The van der Waals surface area contributed by atoms with Crippen molar-refractivity contribution in [3.05, 3.63) is 0 Å². The molecule has 2 fully saturated rings. The summed E-state index contributed by atoms with van der Waals surface area (Å²) in [5.74, 6) is 0. The van der Waals surface area contributed by atoms with E-state index in [0.717, 1.165) is 38.8 Å². The molecule has 6 nitrogen and oxygen atoms in total. The van der Waals surface area contributed by atoms with Crippen molar-refractivity contribution >= 4 is 10.2 Å². The predicted octanol–water partition coefficient (Wildman–Crippen LogP) is 0.154. The normalized spacial score (nSPS) is 26.1. The number of rotatable bonds is 7.